The number of piperidine rings is 1. The topological polar surface area (TPSA) is 131 Å². The summed E-state index contributed by atoms with van der Waals surface area (Å²) >= 11 is 0. The second-order valence-corrected chi connectivity index (χ2v) is 13.8. The van der Waals surface area contributed by atoms with Crippen molar-refractivity contribution in [2.45, 2.75) is 51.2 Å². The molecule has 2 aliphatic rings. The minimum absolute atomic E-state index is 0.00661. The lowest BCUT2D eigenvalue weighted by Gasteiger charge is -2.32. The maximum atomic E-state index is 13.6. The molecule has 0 spiro atoms. The van der Waals surface area contributed by atoms with Gasteiger partial charge in [-0.15, -0.1) is 0 Å². The summed E-state index contributed by atoms with van der Waals surface area (Å²) in [5.74, 6) is 0.634. The van der Waals surface area contributed by atoms with Crippen LogP contribution in [0.15, 0.2) is 97.1 Å². The monoisotopic (exact) mass is 710 g/mol. The number of ether oxygens (including phenoxy) is 1. The third kappa shape index (κ3) is 6.59. The number of carbonyl (C=O) groups is 3. The first-order chi connectivity index (χ1) is 25.9. The molecule has 11 nitrogen and oxygen atoms in total. The normalized spacial score (nSPS) is 15.3. The number of aryl methyl sites for hydroxylation is 2. The quantitative estimate of drug-likeness (QED) is 0.126. The van der Waals surface area contributed by atoms with Crippen molar-refractivity contribution in [1.82, 2.24) is 29.7 Å². The van der Waals surface area contributed by atoms with Gasteiger partial charge in [0.1, 0.15) is 6.61 Å². The second-order valence-electron chi connectivity index (χ2n) is 13.8. The number of rotatable bonds is 10. The Hall–Kier alpha value is -6.10. The number of aromatic nitrogens is 3. The number of fused-ring (bicyclic) bond motifs is 5. The maximum absolute atomic E-state index is 13.6. The largest absolute Gasteiger partial charge is 0.465 e. The van der Waals surface area contributed by atoms with Gasteiger partial charge in [0.15, 0.2) is 5.82 Å². The summed E-state index contributed by atoms with van der Waals surface area (Å²) in [5, 5.41) is 15.8. The Bertz CT molecular complexity index is 2300. The standard InChI is InChI=1S/C42H42N6O5/c1-2-47-36-17-8-3-11-27(36)24-38(47)39-45-35-23-28(40(49)46-21-9-12-29(25-46)44-41(50)51)18-19-37(35)48(39)22-10-20-43-42(52)53-26-34-32-15-6-4-13-30(32)31-14-5-7-16-33(31)34/h3-8,11,13-19,23-24,29,34,44H,2,9-10,12,20-22,25-26H2,1H3,(H,43,52)(H,50,51)/t29-/m1/s1. The van der Waals surface area contributed by atoms with Crippen LogP contribution in [0.25, 0.3) is 44.6 Å². The van der Waals surface area contributed by atoms with Crippen molar-refractivity contribution in [3.63, 3.8) is 0 Å². The van der Waals surface area contributed by atoms with E-state index in [2.05, 4.69) is 69.2 Å². The van der Waals surface area contributed by atoms with Crippen LogP contribution < -0.4 is 10.6 Å². The summed E-state index contributed by atoms with van der Waals surface area (Å²) in [7, 11) is 0. The van der Waals surface area contributed by atoms with Crippen LogP contribution in [0.4, 0.5) is 9.59 Å². The van der Waals surface area contributed by atoms with Crippen LogP contribution in [0.1, 0.15) is 53.6 Å². The van der Waals surface area contributed by atoms with Gasteiger partial charge in [-0.1, -0.05) is 66.7 Å². The summed E-state index contributed by atoms with van der Waals surface area (Å²) in [6.45, 7) is 5.00. The summed E-state index contributed by atoms with van der Waals surface area (Å²) in [6, 6.07) is 32.3. The molecule has 2 aromatic heterocycles. The molecule has 3 amide bonds. The predicted molar refractivity (Wildman–Crippen MR) is 204 cm³/mol. The molecule has 0 bridgehead atoms. The Balaban J connectivity index is 0.999. The number of carboxylic acid groups (broad SMARTS) is 1. The van der Waals surface area contributed by atoms with E-state index in [0.29, 0.717) is 50.1 Å². The van der Waals surface area contributed by atoms with Gasteiger partial charge in [0, 0.05) is 61.1 Å². The lowest BCUT2D eigenvalue weighted by molar-refractivity contribution is 0.0692. The van der Waals surface area contributed by atoms with E-state index in [1.54, 1.807) is 4.90 Å². The molecule has 8 rings (SSSR count). The van der Waals surface area contributed by atoms with Crippen LogP contribution in [0.2, 0.25) is 0 Å². The number of imidazole rings is 1. The van der Waals surface area contributed by atoms with Gasteiger partial charge in [-0.2, -0.15) is 0 Å². The smallest absolute Gasteiger partial charge is 0.407 e. The number of hydrogen-bond donors (Lipinski definition) is 3. The molecule has 4 aromatic carbocycles. The van der Waals surface area contributed by atoms with Crippen molar-refractivity contribution in [2.75, 3.05) is 26.2 Å². The second kappa shape index (κ2) is 14.5. The van der Waals surface area contributed by atoms with E-state index in [1.807, 2.05) is 54.6 Å². The van der Waals surface area contributed by atoms with Crippen molar-refractivity contribution < 1.29 is 24.2 Å². The van der Waals surface area contributed by atoms with E-state index in [9.17, 15) is 19.5 Å². The van der Waals surface area contributed by atoms with E-state index >= 15 is 0 Å². The summed E-state index contributed by atoms with van der Waals surface area (Å²) < 4.78 is 10.2. The summed E-state index contributed by atoms with van der Waals surface area (Å²) in [6.07, 6.45) is 0.520. The molecular formula is C42H42N6O5. The van der Waals surface area contributed by atoms with Gasteiger partial charge >= 0.3 is 12.2 Å². The van der Waals surface area contributed by atoms with Crippen molar-refractivity contribution in [1.29, 1.82) is 0 Å². The van der Waals surface area contributed by atoms with E-state index < -0.39 is 12.2 Å². The Morgan fingerprint density at radius 3 is 2.38 bits per heavy atom. The Kier molecular flexibility index (Phi) is 9.30. The van der Waals surface area contributed by atoms with E-state index in [0.717, 1.165) is 40.9 Å². The van der Waals surface area contributed by atoms with E-state index in [4.69, 9.17) is 9.72 Å². The molecule has 1 atom stereocenters. The van der Waals surface area contributed by atoms with Crippen LogP contribution in [-0.4, -0.2) is 74.5 Å². The number of alkyl carbamates (subject to hydrolysis) is 1. The number of amides is 3. The predicted octanol–water partition coefficient (Wildman–Crippen LogP) is 7.48. The van der Waals surface area contributed by atoms with E-state index in [-0.39, 0.29) is 24.5 Å². The fourth-order valence-electron chi connectivity index (χ4n) is 8.13. The van der Waals surface area contributed by atoms with Crippen molar-refractivity contribution >= 4 is 40.0 Å². The molecule has 1 aliphatic heterocycles. The fraction of sp³-hybridized carbons (Fsp3) is 0.286. The number of nitrogens with zero attached hydrogens (tertiary/aromatic N) is 4. The molecule has 3 heterocycles. The zero-order valence-electron chi connectivity index (χ0n) is 29.6. The summed E-state index contributed by atoms with van der Waals surface area (Å²) in [4.78, 5) is 44.7. The minimum atomic E-state index is -1.08. The first-order valence-corrected chi connectivity index (χ1v) is 18.4. The zero-order chi connectivity index (χ0) is 36.5. The molecule has 0 saturated carbocycles. The first-order valence-electron chi connectivity index (χ1n) is 18.4. The molecule has 3 N–H and O–H groups in total. The van der Waals surface area contributed by atoms with Crippen LogP contribution in [0.3, 0.4) is 0 Å². The average molecular weight is 711 g/mol. The molecule has 0 unspecified atom stereocenters. The third-order valence-corrected chi connectivity index (χ3v) is 10.6. The Morgan fingerprint density at radius 2 is 1.62 bits per heavy atom. The highest BCUT2D eigenvalue weighted by molar-refractivity contribution is 5.98. The van der Waals surface area contributed by atoms with Gasteiger partial charge in [0.2, 0.25) is 0 Å². The number of nitrogens with one attached hydrogen (secondary N) is 2. The van der Waals surface area contributed by atoms with E-state index in [1.165, 1.54) is 22.3 Å². The number of para-hydroxylation sites is 1. The minimum Gasteiger partial charge on any atom is -0.465 e. The van der Waals surface area contributed by atoms with Gasteiger partial charge in [-0.25, -0.2) is 14.6 Å². The molecule has 1 fully saturated rings. The molecule has 270 valence electrons. The number of carbonyl (C=O) groups excluding carboxylic acids is 2. The maximum Gasteiger partial charge on any atom is 0.407 e. The van der Waals surface area contributed by atoms with Crippen molar-refractivity contribution in [3.05, 3.63) is 114 Å². The van der Waals surface area contributed by atoms with Gasteiger partial charge in [0.25, 0.3) is 5.91 Å². The molecule has 1 aliphatic carbocycles. The highest BCUT2D eigenvalue weighted by atomic mass is 16.5. The first kappa shape index (κ1) is 34.0. The summed E-state index contributed by atoms with van der Waals surface area (Å²) in [5.41, 5.74) is 8.90. The molecule has 11 heteroatoms. The SMILES string of the molecule is CCn1c(-c2nc3cc(C(=O)N4CCC[C@@H](NC(=O)O)C4)ccc3n2CCCNC(=O)OCC2c3ccccc3-c3ccccc32)cc2ccccc21. The van der Waals surface area contributed by atoms with Gasteiger partial charge in [-0.05, 0) is 78.8 Å². The third-order valence-electron chi connectivity index (χ3n) is 10.6. The van der Waals surface area contributed by atoms with Gasteiger partial charge in [-0.3, -0.25) is 4.79 Å². The van der Waals surface area contributed by atoms with Crippen LogP contribution >= 0.6 is 0 Å². The van der Waals surface area contributed by atoms with Gasteiger partial charge < -0.3 is 34.5 Å². The number of benzene rings is 4. The lowest BCUT2D eigenvalue weighted by Crippen LogP contribution is -2.49. The highest BCUT2D eigenvalue weighted by Gasteiger charge is 2.29. The van der Waals surface area contributed by atoms with Crippen LogP contribution in [0, 0.1) is 0 Å². The number of hydrogen-bond acceptors (Lipinski definition) is 5. The number of likely N-dealkylation sites (tertiary alicyclic amines) is 1. The molecule has 53 heavy (non-hydrogen) atoms. The molecule has 1 saturated heterocycles. The van der Waals surface area contributed by atoms with Crippen molar-refractivity contribution in [2.24, 2.45) is 0 Å². The fourth-order valence-corrected chi connectivity index (χ4v) is 8.13. The Morgan fingerprint density at radius 1 is 0.887 bits per heavy atom. The Labute approximate surface area is 307 Å². The lowest BCUT2D eigenvalue weighted by atomic mass is 9.98. The molecule has 0 radical (unpaired) electrons. The zero-order valence-corrected chi connectivity index (χ0v) is 29.6. The van der Waals surface area contributed by atoms with Crippen LogP contribution in [0.5, 0.6) is 0 Å². The highest BCUT2D eigenvalue weighted by Crippen LogP contribution is 2.44. The van der Waals surface area contributed by atoms with Gasteiger partial charge in [0.05, 0.1) is 16.7 Å². The van der Waals surface area contributed by atoms with Crippen LogP contribution in [-0.2, 0) is 17.8 Å². The van der Waals surface area contributed by atoms with Crippen molar-refractivity contribution in [3.8, 4) is 22.6 Å². The average Bonchev–Trinajstić information content (AvgIpc) is 3.84. The molecule has 6 aromatic rings. The molecular weight excluding hydrogens is 668 g/mol.